The van der Waals surface area contributed by atoms with Crippen LogP contribution >= 0.6 is 0 Å². The van der Waals surface area contributed by atoms with Crippen molar-refractivity contribution in [2.24, 2.45) is 0 Å². The largest absolute Gasteiger partial charge is 1.00 e. The van der Waals surface area contributed by atoms with Crippen LogP contribution in [-0.4, -0.2) is 0 Å². The number of hydrogen-bond donors (Lipinski definition) is 0. The quantitative estimate of drug-likeness (QED) is 0.219. The van der Waals surface area contributed by atoms with Crippen molar-refractivity contribution < 1.29 is 53.1 Å². The summed E-state index contributed by atoms with van der Waals surface area (Å²) in [6.07, 6.45) is 0. The van der Waals surface area contributed by atoms with E-state index in [1.807, 2.05) is 0 Å². The van der Waals surface area contributed by atoms with Crippen molar-refractivity contribution in [1.29, 1.82) is 0 Å². The molecule has 0 heterocycles. The standard InChI is InChI=1S/5FH.Na/h5*1H;/q;;;;;+1/p-5. The Morgan fingerprint density at radius 1 is 0.333 bits per heavy atom. The second-order valence-corrected chi connectivity index (χ2v) is 0. The third kappa shape index (κ3) is 147. The molecule has 40 valence electrons. The number of hydrogen-bond acceptors (Lipinski definition) is 0. The molecule has 0 aliphatic heterocycles. The maximum Gasteiger partial charge on any atom is 1.00 e. The molecule has 0 fully saturated rings. The van der Waals surface area contributed by atoms with Gasteiger partial charge in [0.15, 0.2) is 0 Å². The molecule has 0 rings (SSSR count). The normalized spacial score (nSPS) is 0. The predicted molar refractivity (Wildman–Crippen MR) is 0 cm³/mol. The SMILES string of the molecule is [F-].[F-].[F-].[F-].[F-].[Na+]. The molecule has 0 aliphatic rings. The summed E-state index contributed by atoms with van der Waals surface area (Å²) in [4.78, 5) is 0. The zero-order valence-corrected chi connectivity index (χ0v) is 4.89. The zero-order chi connectivity index (χ0) is 0. The molecular weight excluding hydrogens is 118 g/mol. The second-order valence-electron chi connectivity index (χ2n) is 0. The summed E-state index contributed by atoms with van der Waals surface area (Å²) < 4.78 is 0. The minimum Gasteiger partial charge on any atom is -1.00 e. The summed E-state index contributed by atoms with van der Waals surface area (Å²) in [6, 6.07) is 0. The van der Waals surface area contributed by atoms with E-state index in [1.165, 1.54) is 0 Å². The van der Waals surface area contributed by atoms with Gasteiger partial charge in [-0.1, -0.05) is 0 Å². The van der Waals surface area contributed by atoms with Gasteiger partial charge in [-0.15, -0.1) is 0 Å². The fourth-order valence-corrected chi connectivity index (χ4v) is 0. The molecule has 6 heavy (non-hydrogen) atoms. The second kappa shape index (κ2) is 289. The predicted octanol–water partition coefficient (Wildman–Crippen LogP) is -18.0. The van der Waals surface area contributed by atoms with Crippen molar-refractivity contribution in [3.05, 3.63) is 0 Å². The molecule has 0 aromatic rings. The molecule has 0 bridgehead atoms. The summed E-state index contributed by atoms with van der Waals surface area (Å²) in [7, 11) is 0. The Hall–Kier alpha value is 0.650. The molecule has 0 spiro atoms. The summed E-state index contributed by atoms with van der Waals surface area (Å²) in [5.74, 6) is 0. The van der Waals surface area contributed by atoms with E-state index in [4.69, 9.17) is 0 Å². The van der Waals surface area contributed by atoms with Gasteiger partial charge in [0.2, 0.25) is 0 Å². The van der Waals surface area contributed by atoms with Gasteiger partial charge < -0.3 is 23.5 Å². The molecular formula is F5Na-4. The van der Waals surface area contributed by atoms with Crippen LogP contribution in [0.3, 0.4) is 0 Å². The van der Waals surface area contributed by atoms with Gasteiger partial charge in [0.1, 0.15) is 0 Å². The van der Waals surface area contributed by atoms with Crippen LogP contribution < -0.4 is 53.1 Å². The van der Waals surface area contributed by atoms with E-state index in [0.717, 1.165) is 0 Å². The van der Waals surface area contributed by atoms with Crippen LogP contribution in [0.1, 0.15) is 0 Å². The van der Waals surface area contributed by atoms with Gasteiger partial charge in [0.05, 0.1) is 0 Å². The van der Waals surface area contributed by atoms with Crippen LogP contribution in [0.5, 0.6) is 0 Å². The first-order valence-corrected chi connectivity index (χ1v) is 0. The molecule has 0 amide bonds. The molecule has 6 heteroatoms. The van der Waals surface area contributed by atoms with Crippen LogP contribution in [0.25, 0.3) is 0 Å². The van der Waals surface area contributed by atoms with Crippen LogP contribution in [0, 0.1) is 0 Å². The Labute approximate surface area is 53.4 Å². The van der Waals surface area contributed by atoms with Crippen LogP contribution in [0.15, 0.2) is 0 Å². The van der Waals surface area contributed by atoms with Crippen LogP contribution in [-0.2, 0) is 0 Å². The third-order valence-corrected chi connectivity index (χ3v) is 0. The van der Waals surface area contributed by atoms with Crippen molar-refractivity contribution in [3.63, 3.8) is 0 Å². The molecule has 0 saturated heterocycles. The zero-order valence-electron chi connectivity index (χ0n) is 2.89. The monoisotopic (exact) mass is 118 g/mol. The molecule has 0 aromatic carbocycles. The third-order valence-electron chi connectivity index (χ3n) is 0. The molecule has 0 aliphatic carbocycles. The average molecular weight is 118 g/mol. The molecule has 0 aromatic heterocycles. The topological polar surface area (TPSA) is 0 Å². The van der Waals surface area contributed by atoms with Crippen molar-refractivity contribution in [3.8, 4) is 0 Å². The van der Waals surface area contributed by atoms with Gasteiger partial charge in [0.25, 0.3) is 0 Å². The minimum absolute atomic E-state index is 0. The first-order valence-electron chi connectivity index (χ1n) is 0. The van der Waals surface area contributed by atoms with Crippen molar-refractivity contribution in [1.82, 2.24) is 0 Å². The van der Waals surface area contributed by atoms with Gasteiger partial charge >= 0.3 is 29.6 Å². The number of rotatable bonds is 0. The van der Waals surface area contributed by atoms with Crippen LogP contribution in [0.4, 0.5) is 0 Å². The average Bonchev–Trinajstić information content (AvgIpc) is 0. The van der Waals surface area contributed by atoms with Gasteiger partial charge in [-0.05, 0) is 0 Å². The fraction of sp³-hybridized carbons (Fsp3) is 0. The molecule has 0 nitrogen and oxygen atoms in total. The first kappa shape index (κ1) is 502. The smallest absolute Gasteiger partial charge is 1.00 e. The van der Waals surface area contributed by atoms with E-state index in [0.29, 0.717) is 0 Å². The summed E-state index contributed by atoms with van der Waals surface area (Å²) >= 11 is 0. The molecule has 0 radical (unpaired) electrons. The Morgan fingerprint density at radius 2 is 0.333 bits per heavy atom. The Bertz CT molecular complexity index is 3.90. The van der Waals surface area contributed by atoms with Gasteiger partial charge in [0, 0.05) is 0 Å². The van der Waals surface area contributed by atoms with Crippen molar-refractivity contribution in [2.45, 2.75) is 0 Å². The van der Waals surface area contributed by atoms with E-state index in [9.17, 15) is 0 Å². The summed E-state index contributed by atoms with van der Waals surface area (Å²) in [5.41, 5.74) is 0. The first-order chi connectivity index (χ1) is 0. The Morgan fingerprint density at radius 3 is 0.333 bits per heavy atom. The van der Waals surface area contributed by atoms with Crippen molar-refractivity contribution in [2.75, 3.05) is 0 Å². The minimum atomic E-state index is 0. The van der Waals surface area contributed by atoms with E-state index in [1.54, 1.807) is 0 Å². The fourth-order valence-electron chi connectivity index (χ4n) is 0. The van der Waals surface area contributed by atoms with Crippen molar-refractivity contribution >= 4 is 0 Å². The maximum atomic E-state index is 0. The summed E-state index contributed by atoms with van der Waals surface area (Å²) in [6.45, 7) is 0. The summed E-state index contributed by atoms with van der Waals surface area (Å²) in [5, 5.41) is 0. The van der Waals surface area contributed by atoms with Gasteiger partial charge in [-0.25, -0.2) is 0 Å². The van der Waals surface area contributed by atoms with Gasteiger partial charge in [-0.2, -0.15) is 0 Å². The maximum absolute atomic E-state index is 0. The van der Waals surface area contributed by atoms with E-state index < -0.39 is 0 Å². The van der Waals surface area contributed by atoms with Crippen LogP contribution in [0.2, 0.25) is 0 Å². The van der Waals surface area contributed by atoms with E-state index in [2.05, 4.69) is 0 Å². The molecule has 0 unspecified atom stereocenters. The molecule has 0 saturated carbocycles. The number of halogens is 5. The van der Waals surface area contributed by atoms with Gasteiger partial charge in [-0.3, -0.25) is 0 Å². The Balaban J connectivity index is 0. The molecule has 0 N–H and O–H groups in total. The van der Waals surface area contributed by atoms with E-state index in [-0.39, 0.29) is 53.1 Å². The van der Waals surface area contributed by atoms with E-state index >= 15 is 0 Å². The Kier molecular flexibility index (Phi) is 24200. The molecule has 0 atom stereocenters.